The Labute approximate surface area is 226 Å². The molecule has 0 radical (unpaired) electrons. The number of H-pyrrole nitrogens is 1. The Bertz CT molecular complexity index is 1540. The average Bonchev–Trinajstić information content (AvgIpc) is 3.52. The maximum absolute atomic E-state index is 13.9. The number of ketones is 1. The van der Waals surface area contributed by atoms with Gasteiger partial charge in [0.25, 0.3) is 0 Å². The fourth-order valence-electron chi connectivity index (χ4n) is 4.72. The number of carbonyl (C=O) groups is 1. The molecular formula is C30H28Cl2N4O. The van der Waals surface area contributed by atoms with E-state index in [4.69, 9.17) is 23.2 Å². The molecule has 2 atom stereocenters. The van der Waals surface area contributed by atoms with E-state index in [1.54, 1.807) is 10.7 Å². The summed E-state index contributed by atoms with van der Waals surface area (Å²) in [4.78, 5) is 17.2. The van der Waals surface area contributed by atoms with E-state index >= 15 is 0 Å². The zero-order chi connectivity index (χ0) is 25.9. The number of fused-ring (bicyclic) bond motifs is 1. The van der Waals surface area contributed by atoms with Crippen LogP contribution >= 0.6 is 23.2 Å². The molecule has 3 aromatic carbocycles. The van der Waals surface area contributed by atoms with E-state index in [2.05, 4.69) is 28.4 Å². The second kappa shape index (κ2) is 10.9. The van der Waals surface area contributed by atoms with Crippen LogP contribution in [0.2, 0.25) is 10.0 Å². The number of nitrogens with one attached hydrogen (secondary N) is 2. The zero-order valence-electron chi connectivity index (χ0n) is 20.7. The highest BCUT2D eigenvalue weighted by atomic mass is 35.5. The molecule has 0 aliphatic rings. The molecule has 1 unspecified atom stereocenters. The number of aromatic nitrogens is 3. The summed E-state index contributed by atoms with van der Waals surface area (Å²) in [7, 11) is 1.90. The summed E-state index contributed by atoms with van der Waals surface area (Å²) >= 11 is 12.4. The Kier molecular flexibility index (Phi) is 7.47. The summed E-state index contributed by atoms with van der Waals surface area (Å²) in [5, 5.41) is 10.0. The predicted molar refractivity (Wildman–Crippen MR) is 152 cm³/mol. The van der Waals surface area contributed by atoms with E-state index in [9.17, 15) is 4.79 Å². The molecule has 0 amide bonds. The summed E-state index contributed by atoms with van der Waals surface area (Å²) < 4.78 is 1.78. The molecule has 2 heterocycles. The molecule has 188 valence electrons. The molecule has 2 aromatic heterocycles. The number of hydrogen-bond acceptors (Lipinski definition) is 3. The molecule has 0 bridgehead atoms. The van der Waals surface area contributed by atoms with E-state index in [0.717, 1.165) is 39.6 Å². The summed E-state index contributed by atoms with van der Waals surface area (Å²) in [5.74, 6) is -0.253. The maximum atomic E-state index is 13.9. The van der Waals surface area contributed by atoms with Gasteiger partial charge < -0.3 is 10.3 Å². The van der Waals surface area contributed by atoms with Crippen LogP contribution < -0.4 is 5.32 Å². The third-order valence-corrected chi connectivity index (χ3v) is 7.30. The van der Waals surface area contributed by atoms with Gasteiger partial charge in [-0.1, -0.05) is 71.7 Å². The second-order valence-corrected chi connectivity index (χ2v) is 10.3. The van der Waals surface area contributed by atoms with Crippen molar-refractivity contribution in [2.24, 2.45) is 7.05 Å². The normalized spacial score (nSPS) is 13.1. The molecule has 0 spiro atoms. The van der Waals surface area contributed by atoms with Crippen LogP contribution in [0.3, 0.4) is 0 Å². The smallest absolute Gasteiger partial charge is 0.173 e. The molecule has 5 aromatic rings. The van der Waals surface area contributed by atoms with Crippen molar-refractivity contribution in [1.29, 1.82) is 0 Å². The first-order valence-electron chi connectivity index (χ1n) is 12.3. The molecule has 0 saturated carbocycles. The van der Waals surface area contributed by atoms with Gasteiger partial charge in [-0.2, -0.15) is 5.10 Å². The summed E-state index contributed by atoms with van der Waals surface area (Å²) in [6.45, 7) is 2.61. The van der Waals surface area contributed by atoms with Gasteiger partial charge in [-0.25, -0.2) is 0 Å². The molecule has 0 aliphatic heterocycles. The Morgan fingerprint density at radius 2 is 1.86 bits per heavy atom. The number of nitrogens with zero attached hydrogens (tertiary/aromatic N) is 2. The molecule has 0 saturated heterocycles. The highest BCUT2D eigenvalue weighted by Gasteiger charge is 2.25. The lowest BCUT2D eigenvalue weighted by Gasteiger charge is -2.21. The number of carbonyl (C=O) groups excluding carboxylic acids is 1. The predicted octanol–water partition coefficient (Wildman–Crippen LogP) is 7.06. The summed E-state index contributed by atoms with van der Waals surface area (Å²) in [6, 6.07) is 21.7. The first kappa shape index (κ1) is 25.3. The van der Waals surface area contributed by atoms with E-state index in [1.807, 2.05) is 80.2 Å². The molecule has 0 fully saturated rings. The Morgan fingerprint density at radius 3 is 2.59 bits per heavy atom. The van der Waals surface area contributed by atoms with E-state index in [0.29, 0.717) is 22.2 Å². The van der Waals surface area contributed by atoms with Gasteiger partial charge >= 0.3 is 0 Å². The molecule has 5 nitrogen and oxygen atoms in total. The van der Waals surface area contributed by atoms with Gasteiger partial charge in [0.2, 0.25) is 0 Å². The van der Waals surface area contributed by atoms with Gasteiger partial charge in [0, 0.05) is 64.1 Å². The molecule has 5 rings (SSSR count). The van der Waals surface area contributed by atoms with E-state index in [-0.39, 0.29) is 17.7 Å². The number of aromatic amines is 1. The van der Waals surface area contributed by atoms with E-state index in [1.165, 1.54) is 0 Å². The Balaban J connectivity index is 1.38. The fraction of sp³-hybridized carbons (Fsp3) is 0.200. The van der Waals surface area contributed by atoms with Gasteiger partial charge in [-0.15, -0.1) is 0 Å². The van der Waals surface area contributed by atoms with Crippen molar-refractivity contribution in [2.45, 2.75) is 25.3 Å². The van der Waals surface area contributed by atoms with Crippen LogP contribution in [0.1, 0.15) is 34.3 Å². The van der Waals surface area contributed by atoms with Crippen LogP contribution in [0, 0.1) is 0 Å². The van der Waals surface area contributed by atoms with Crippen molar-refractivity contribution in [3.8, 4) is 11.1 Å². The molecule has 7 heteroatoms. The zero-order valence-corrected chi connectivity index (χ0v) is 22.2. The topological polar surface area (TPSA) is 62.7 Å². The minimum absolute atomic E-state index is 0.0794. The fourth-order valence-corrected chi connectivity index (χ4v) is 5.21. The monoisotopic (exact) mass is 530 g/mol. The number of benzene rings is 3. The highest BCUT2D eigenvalue weighted by Crippen LogP contribution is 2.30. The number of aryl methyl sites for hydroxylation is 1. The SMILES string of the molecule is C[C@H](Cc1ccc(Cl)cc1Cl)NCC(C(=O)c1c[nH]c2cc(-c3cnn(C)c3)ccc12)c1ccccc1. The minimum Gasteiger partial charge on any atom is -0.360 e. The van der Waals surface area contributed by atoms with Crippen molar-refractivity contribution >= 4 is 39.9 Å². The molecule has 0 aliphatic carbocycles. The van der Waals surface area contributed by atoms with Gasteiger partial charge in [-0.05, 0) is 48.2 Å². The van der Waals surface area contributed by atoms with Gasteiger partial charge in [0.05, 0.1) is 12.1 Å². The lowest BCUT2D eigenvalue weighted by molar-refractivity contribution is 0.0959. The number of halogens is 2. The quantitative estimate of drug-likeness (QED) is 0.200. The summed E-state index contributed by atoms with van der Waals surface area (Å²) in [5.41, 5.74) is 5.71. The second-order valence-electron chi connectivity index (χ2n) is 9.44. The number of Topliss-reactive ketones (excluding diaryl/α,β-unsaturated/α-hetero) is 1. The van der Waals surface area contributed by atoms with Crippen molar-refractivity contribution in [2.75, 3.05) is 6.54 Å². The summed E-state index contributed by atoms with van der Waals surface area (Å²) in [6.07, 6.45) is 6.38. The average molecular weight is 531 g/mol. The van der Waals surface area contributed by atoms with Crippen molar-refractivity contribution in [3.63, 3.8) is 0 Å². The number of hydrogen-bond donors (Lipinski definition) is 2. The van der Waals surface area contributed by atoms with Crippen molar-refractivity contribution in [1.82, 2.24) is 20.1 Å². The van der Waals surface area contributed by atoms with Crippen LogP contribution in [-0.4, -0.2) is 33.1 Å². The first-order valence-corrected chi connectivity index (χ1v) is 13.0. The Hall–Kier alpha value is -3.38. The van der Waals surface area contributed by atoms with Crippen molar-refractivity contribution in [3.05, 3.63) is 112 Å². The third-order valence-electron chi connectivity index (χ3n) is 6.72. The number of rotatable bonds is 9. The minimum atomic E-state index is -0.332. The Morgan fingerprint density at radius 1 is 1.05 bits per heavy atom. The molecule has 37 heavy (non-hydrogen) atoms. The van der Waals surface area contributed by atoms with Crippen LogP contribution in [-0.2, 0) is 13.5 Å². The molecular weight excluding hydrogens is 503 g/mol. The largest absolute Gasteiger partial charge is 0.360 e. The highest BCUT2D eigenvalue weighted by molar-refractivity contribution is 6.35. The third kappa shape index (κ3) is 5.64. The standard InChI is InChI=1S/C30H28Cl2N4O/c1-19(12-22-8-10-24(31)14-28(22)32)33-16-26(20-6-4-3-5-7-20)30(37)27-17-34-29-13-21(9-11-25(27)29)23-15-35-36(2)18-23/h3-11,13-15,17-19,26,33-34H,12,16H2,1-2H3/t19-,26?/m1/s1. The maximum Gasteiger partial charge on any atom is 0.173 e. The van der Waals surface area contributed by atoms with Gasteiger partial charge in [0.15, 0.2) is 5.78 Å². The van der Waals surface area contributed by atoms with Crippen LogP contribution in [0.25, 0.3) is 22.0 Å². The lowest BCUT2D eigenvalue weighted by atomic mass is 9.89. The van der Waals surface area contributed by atoms with Gasteiger partial charge in [0.1, 0.15) is 0 Å². The van der Waals surface area contributed by atoms with Gasteiger partial charge in [-0.3, -0.25) is 9.48 Å². The van der Waals surface area contributed by atoms with E-state index < -0.39 is 0 Å². The van der Waals surface area contributed by atoms with Crippen LogP contribution in [0.4, 0.5) is 0 Å². The van der Waals surface area contributed by atoms with Crippen LogP contribution in [0.15, 0.2) is 85.3 Å². The van der Waals surface area contributed by atoms with Crippen LogP contribution in [0.5, 0.6) is 0 Å². The van der Waals surface area contributed by atoms with Crippen molar-refractivity contribution < 1.29 is 4.79 Å². The molecule has 2 N–H and O–H groups in total. The first-order chi connectivity index (χ1) is 17.9. The lowest BCUT2D eigenvalue weighted by Crippen LogP contribution is -2.34.